The van der Waals surface area contributed by atoms with Crippen molar-refractivity contribution in [3.8, 4) is 0 Å². The Morgan fingerprint density at radius 1 is 1.40 bits per heavy atom. The summed E-state index contributed by atoms with van der Waals surface area (Å²) in [5, 5.41) is -0.0738. The van der Waals surface area contributed by atoms with E-state index in [1.807, 2.05) is 6.08 Å². The van der Waals surface area contributed by atoms with Crippen molar-refractivity contribution in [2.45, 2.75) is 19.3 Å². The highest BCUT2D eigenvalue weighted by Crippen LogP contribution is 2.26. The summed E-state index contributed by atoms with van der Waals surface area (Å²) in [6, 6.07) is 4.32. The molecule has 1 aliphatic carbocycles. The van der Waals surface area contributed by atoms with E-state index >= 15 is 0 Å². The molecule has 0 radical (unpaired) electrons. The van der Waals surface area contributed by atoms with Crippen LogP contribution in [0, 0.1) is 5.82 Å². The average molecular weight is 225 g/mol. The lowest BCUT2D eigenvalue weighted by Crippen LogP contribution is -2.03. The average Bonchev–Trinajstić information content (AvgIpc) is 2.74. The van der Waals surface area contributed by atoms with Crippen LogP contribution in [0.3, 0.4) is 0 Å². The SMILES string of the molecule is O=C(C1=CCCC1)c1cccc(F)c1Cl. The molecule has 1 aliphatic rings. The van der Waals surface area contributed by atoms with Gasteiger partial charge in [0.25, 0.3) is 0 Å². The molecule has 0 atom stereocenters. The molecule has 15 heavy (non-hydrogen) atoms. The highest BCUT2D eigenvalue weighted by Gasteiger charge is 2.19. The maximum atomic E-state index is 13.1. The van der Waals surface area contributed by atoms with Gasteiger partial charge in [-0.3, -0.25) is 4.79 Å². The molecule has 0 spiro atoms. The van der Waals surface area contributed by atoms with E-state index in [4.69, 9.17) is 11.6 Å². The van der Waals surface area contributed by atoms with Gasteiger partial charge in [0.2, 0.25) is 0 Å². The fourth-order valence-electron chi connectivity index (χ4n) is 1.73. The van der Waals surface area contributed by atoms with Crippen molar-refractivity contribution in [1.82, 2.24) is 0 Å². The first kappa shape index (κ1) is 10.4. The van der Waals surface area contributed by atoms with Gasteiger partial charge in [0.05, 0.1) is 5.02 Å². The highest BCUT2D eigenvalue weighted by atomic mass is 35.5. The molecular weight excluding hydrogens is 215 g/mol. The van der Waals surface area contributed by atoms with E-state index in [1.165, 1.54) is 12.1 Å². The van der Waals surface area contributed by atoms with Gasteiger partial charge in [0, 0.05) is 5.56 Å². The predicted octanol–water partition coefficient (Wildman–Crippen LogP) is 3.77. The number of carbonyl (C=O) groups is 1. The number of benzene rings is 1. The van der Waals surface area contributed by atoms with Gasteiger partial charge in [-0.2, -0.15) is 0 Å². The summed E-state index contributed by atoms with van der Waals surface area (Å²) < 4.78 is 13.1. The number of carbonyl (C=O) groups excluding carboxylic acids is 1. The van der Waals surface area contributed by atoms with E-state index in [9.17, 15) is 9.18 Å². The van der Waals surface area contributed by atoms with Gasteiger partial charge in [-0.05, 0) is 37.0 Å². The molecule has 0 aromatic heterocycles. The molecule has 0 unspecified atom stereocenters. The predicted molar refractivity (Wildman–Crippen MR) is 57.7 cm³/mol. The maximum absolute atomic E-state index is 13.1. The van der Waals surface area contributed by atoms with E-state index < -0.39 is 5.82 Å². The van der Waals surface area contributed by atoms with Crippen molar-refractivity contribution < 1.29 is 9.18 Å². The number of hydrogen-bond acceptors (Lipinski definition) is 1. The topological polar surface area (TPSA) is 17.1 Å². The van der Waals surface area contributed by atoms with Crippen molar-refractivity contribution in [2.75, 3.05) is 0 Å². The van der Waals surface area contributed by atoms with Gasteiger partial charge in [0.1, 0.15) is 5.82 Å². The second-order valence-corrected chi connectivity index (χ2v) is 3.93. The third kappa shape index (κ3) is 1.95. The second-order valence-electron chi connectivity index (χ2n) is 3.55. The molecular formula is C12H10ClFO. The zero-order valence-corrected chi connectivity index (χ0v) is 8.85. The quantitative estimate of drug-likeness (QED) is 0.699. The molecule has 0 amide bonds. The molecule has 0 saturated carbocycles. The van der Waals surface area contributed by atoms with E-state index in [0.29, 0.717) is 0 Å². The van der Waals surface area contributed by atoms with Crippen LogP contribution in [0.1, 0.15) is 29.6 Å². The Hall–Kier alpha value is -1.15. The number of hydrogen-bond donors (Lipinski definition) is 0. The minimum atomic E-state index is -0.541. The van der Waals surface area contributed by atoms with Crippen molar-refractivity contribution in [3.63, 3.8) is 0 Å². The van der Waals surface area contributed by atoms with Crippen LogP contribution in [0.5, 0.6) is 0 Å². The summed E-state index contributed by atoms with van der Waals surface area (Å²) in [6.07, 6.45) is 4.59. The molecule has 2 rings (SSSR count). The lowest BCUT2D eigenvalue weighted by Gasteiger charge is -2.04. The zero-order valence-electron chi connectivity index (χ0n) is 8.09. The van der Waals surface area contributed by atoms with Gasteiger partial charge in [0.15, 0.2) is 5.78 Å². The first-order valence-corrected chi connectivity index (χ1v) is 5.25. The lowest BCUT2D eigenvalue weighted by atomic mass is 10.0. The van der Waals surface area contributed by atoms with Crippen molar-refractivity contribution >= 4 is 17.4 Å². The summed E-state index contributed by atoms with van der Waals surface area (Å²) in [7, 11) is 0. The molecule has 1 nitrogen and oxygen atoms in total. The molecule has 1 aromatic carbocycles. The van der Waals surface area contributed by atoms with E-state index in [-0.39, 0.29) is 16.4 Å². The normalized spacial score (nSPS) is 15.2. The molecule has 0 N–H and O–H groups in total. The van der Waals surface area contributed by atoms with Crippen molar-refractivity contribution in [2.24, 2.45) is 0 Å². The largest absolute Gasteiger partial charge is 0.289 e. The van der Waals surface area contributed by atoms with Gasteiger partial charge in [-0.15, -0.1) is 0 Å². The second kappa shape index (κ2) is 4.15. The number of halogens is 2. The molecule has 1 aromatic rings. The first-order chi connectivity index (χ1) is 7.20. The number of rotatable bonds is 2. The van der Waals surface area contributed by atoms with Crippen LogP contribution >= 0.6 is 11.6 Å². The number of Topliss-reactive ketones (excluding diaryl/α,β-unsaturated/α-hetero) is 1. The zero-order chi connectivity index (χ0) is 10.8. The van der Waals surface area contributed by atoms with Crippen molar-refractivity contribution in [1.29, 1.82) is 0 Å². The summed E-state index contributed by atoms with van der Waals surface area (Å²) in [5.74, 6) is -0.682. The van der Waals surface area contributed by atoms with Gasteiger partial charge in [-0.1, -0.05) is 23.7 Å². The Morgan fingerprint density at radius 3 is 2.87 bits per heavy atom. The Bertz CT molecular complexity index is 437. The van der Waals surface area contributed by atoms with Crippen LogP contribution in [-0.2, 0) is 0 Å². The summed E-state index contributed by atoms with van der Waals surface area (Å²) in [6.45, 7) is 0. The summed E-state index contributed by atoms with van der Waals surface area (Å²) in [4.78, 5) is 11.9. The van der Waals surface area contributed by atoms with Crippen molar-refractivity contribution in [3.05, 3.63) is 46.3 Å². The molecule has 78 valence electrons. The Kier molecular flexibility index (Phi) is 2.87. The third-order valence-electron chi connectivity index (χ3n) is 2.53. The maximum Gasteiger partial charge on any atom is 0.190 e. The fraction of sp³-hybridized carbons (Fsp3) is 0.250. The number of ketones is 1. The van der Waals surface area contributed by atoms with E-state index in [1.54, 1.807) is 6.07 Å². The van der Waals surface area contributed by atoms with Gasteiger partial charge >= 0.3 is 0 Å². The Balaban J connectivity index is 2.37. The van der Waals surface area contributed by atoms with Crippen LogP contribution in [0.25, 0.3) is 0 Å². The van der Waals surface area contributed by atoms with Gasteiger partial charge in [-0.25, -0.2) is 4.39 Å². The van der Waals surface area contributed by atoms with Crippen LogP contribution in [-0.4, -0.2) is 5.78 Å². The lowest BCUT2D eigenvalue weighted by molar-refractivity contribution is 0.103. The van der Waals surface area contributed by atoms with Crippen LogP contribution in [0.15, 0.2) is 29.8 Å². The van der Waals surface area contributed by atoms with E-state index in [0.717, 1.165) is 24.8 Å². The standard InChI is InChI=1S/C12H10ClFO/c13-11-9(6-3-7-10(11)14)12(15)8-4-1-2-5-8/h3-4,6-7H,1-2,5H2. The summed E-state index contributed by atoms with van der Waals surface area (Å²) >= 11 is 5.74. The molecule has 0 bridgehead atoms. The monoisotopic (exact) mass is 224 g/mol. The third-order valence-corrected chi connectivity index (χ3v) is 2.91. The first-order valence-electron chi connectivity index (χ1n) is 4.88. The van der Waals surface area contributed by atoms with Gasteiger partial charge < -0.3 is 0 Å². The molecule has 0 aliphatic heterocycles. The fourth-order valence-corrected chi connectivity index (χ4v) is 1.94. The molecule has 0 heterocycles. The molecule has 0 fully saturated rings. The summed E-state index contributed by atoms with van der Waals surface area (Å²) in [5.41, 5.74) is 1.02. The Morgan fingerprint density at radius 2 is 2.20 bits per heavy atom. The van der Waals surface area contributed by atoms with Crippen LogP contribution in [0.2, 0.25) is 5.02 Å². The minimum absolute atomic E-state index is 0.0738. The van der Waals surface area contributed by atoms with Crippen LogP contribution < -0.4 is 0 Å². The molecule has 3 heteroatoms. The van der Waals surface area contributed by atoms with Crippen LogP contribution in [0.4, 0.5) is 4.39 Å². The number of allylic oxidation sites excluding steroid dienone is 2. The smallest absolute Gasteiger partial charge is 0.190 e. The molecule has 0 saturated heterocycles. The highest BCUT2D eigenvalue weighted by molar-refractivity contribution is 6.35. The Labute approximate surface area is 92.6 Å². The van der Waals surface area contributed by atoms with E-state index in [2.05, 4.69) is 0 Å². The minimum Gasteiger partial charge on any atom is -0.289 e.